The Balaban J connectivity index is 1.76. The zero-order valence-electron chi connectivity index (χ0n) is 15.1. The maximum Gasteiger partial charge on any atom is 0.262 e. The molecule has 0 saturated carbocycles. The van der Waals surface area contributed by atoms with Crippen molar-refractivity contribution in [2.24, 2.45) is 0 Å². The number of carbonyl (C=O) groups is 1. The van der Waals surface area contributed by atoms with E-state index in [1.165, 1.54) is 16.8 Å². The Hall–Kier alpha value is -2.47. The first-order valence-corrected chi connectivity index (χ1v) is 8.89. The molecule has 0 bridgehead atoms. The van der Waals surface area contributed by atoms with Gasteiger partial charge in [-0.05, 0) is 51.3 Å². The van der Waals surface area contributed by atoms with Crippen molar-refractivity contribution in [3.63, 3.8) is 0 Å². The quantitative estimate of drug-likeness (QED) is 0.760. The van der Waals surface area contributed by atoms with Gasteiger partial charge in [0.15, 0.2) is 6.61 Å². The van der Waals surface area contributed by atoms with Crippen molar-refractivity contribution >= 4 is 33.1 Å². The molecular formula is C19H21N3O2S. The lowest BCUT2D eigenvalue weighted by Crippen LogP contribution is -2.21. The Morgan fingerprint density at radius 2 is 1.80 bits per heavy atom. The molecule has 5 nitrogen and oxygen atoms in total. The van der Waals surface area contributed by atoms with E-state index < -0.39 is 0 Å². The monoisotopic (exact) mass is 355 g/mol. The highest BCUT2D eigenvalue weighted by Gasteiger charge is 2.15. The minimum Gasteiger partial charge on any atom is -0.467 e. The van der Waals surface area contributed by atoms with E-state index in [2.05, 4.69) is 27.4 Å². The molecule has 3 rings (SSSR count). The zero-order chi connectivity index (χ0) is 18.1. The molecule has 1 amide bonds. The van der Waals surface area contributed by atoms with Crippen LogP contribution in [0.15, 0.2) is 18.5 Å². The molecule has 0 spiro atoms. The average Bonchev–Trinajstić information content (AvgIpc) is 2.84. The van der Waals surface area contributed by atoms with Crippen molar-refractivity contribution < 1.29 is 9.53 Å². The van der Waals surface area contributed by atoms with Gasteiger partial charge in [-0.25, -0.2) is 9.97 Å². The second kappa shape index (κ2) is 6.80. The second-order valence-corrected chi connectivity index (χ2v) is 7.46. The van der Waals surface area contributed by atoms with Crippen LogP contribution in [-0.2, 0) is 4.79 Å². The molecule has 0 saturated heterocycles. The lowest BCUT2D eigenvalue weighted by atomic mass is 10.1. The molecule has 130 valence electrons. The lowest BCUT2D eigenvalue weighted by Gasteiger charge is -2.13. The number of amides is 1. The minimum absolute atomic E-state index is 0.0901. The van der Waals surface area contributed by atoms with E-state index in [0.29, 0.717) is 5.88 Å². The van der Waals surface area contributed by atoms with Gasteiger partial charge in [0.1, 0.15) is 11.2 Å². The number of nitrogens with zero attached hydrogens (tertiary/aromatic N) is 2. The normalized spacial score (nSPS) is 10.9. The predicted molar refractivity (Wildman–Crippen MR) is 102 cm³/mol. The number of nitrogens with one attached hydrogen (secondary N) is 1. The van der Waals surface area contributed by atoms with E-state index in [1.54, 1.807) is 11.3 Å². The van der Waals surface area contributed by atoms with Crippen molar-refractivity contribution in [1.82, 2.24) is 9.97 Å². The van der Waals surface area contributed by atoms with E-state index >= 15 is 0 Å². The van der Waals surface area contributed by atoms with Crippen LogP contribution in [0.25, 0.3) is 10.2 Å². The first kappa shape index (κ1) is 17.4. The van der Waals surface area contributed by atoms with Crippen LogP contribution in [0.5, 0.6) is 5.88 Å². The van der Waals surface area contributed by atoms with Crippen LogP contribution in [0, 0.1) is 34.6 Å². The van der Waals surface area contributed by atoms with Gasteiger partial charge in [-0.1, -0.05) is 17.7 Å². The molecule has 6 heteroatoms. The molecule has 2 heterocycles. The fraction of sp³-hybridized carbons (Fsp3) is 0.316. The summed E-state index contributed by atoms with van der Waals surface area (Å²) in [6, 6.07) is 4.10. The standard InChI is InChI=1S/C19H21N3O2S/c1-10-6-11(2)17(12(3)7-10)22-15(23)8-24-18-16-13(4)14(5)25-19(16)21-9-20-18/h6-7,9H,8H2,1-5H3,(H,22,23). The van der Waals surface area contributed by atoms with Crippen molar-refractivity contribution in [1.29, 1.82) is 0 Å². The molecule has 1 N–H and O–H groups in total. The Labute approximate surface area is 151 Å². The summed E-state index contributed by atoms with van der Waals surface area (Å²) in [6.45, 7) is 9.99. The van der Waals surface area contributed by atoms with Gasteiger partial charge in [0.05, 0.1) is 5.39 Å². The Bertz CT molecular complexity index is 940. The number of ether oxygens (including phenoxy) is 1. The molecule has 0 unspecified atom stereocenters. The highest BCUT2D eigenvalue weighted by atomic mass is 32.1. The third-order valence-corrected chi connectivity index (χ3v) is 5.33. The van der Waals surface area contributed by atoms with Gasteiger partial charge in [0.2, 0.25) is 5.88 Å². The third kappa shape index (κ3) is 3.49. The van der Waals surface area contributed by atoms with Gasteiger partial charge in [0, 0.05) is 10.6 Å². The summed E-state index contributed by atoms with van der Waals surface area (Å²) in [5.74, 6) is 0.255. The fourth-order valence-electron chi connectivity index (χ4n) is 2.95. The number of rotatable bonds is 4. The molecule has 0 aliphatic rings. The average molecular weight is 355 g/mol. The molecule has 0 aliphatic heterocycles. The van der Waals surface area contributed by atoms with Crippen LogP contribution in [0.2, 0.25) is 0 Å². The summed E-state index contributed by atoms with van der Waals surface area (Å²) >= 11 is 1.60. The summed E-state index contributed by atoms with van der Waals surface area (Å²) in [5, 5.41) is 3.83. The highest BCUT2D eigenvalue weighted by Crippen LogP contribution is 2.33. The van der Waals surface area contributed by atoms with Gasteiger partial charge >= 0.3 is 0 Å². The maximum absolute atomic E-state index is 12.3. The first-order chi connectivity index (χ1) is 11.9. The second-order valence-electron chi connectivity index (χ2n) is 6.25. The lowest BCUT2D eigenvalue weighted by molar-refractivity contribution is -0.118. The number of fused-ring (bicyclic) bond motifs is 1. The molecular weight excluding hydrogens is 334 g/mol. The topological polar surface area (TPSA) is 64.1 Å². The van der Waals surface area contributed by atoms with Gasteiger partial charge in [-0.3, -0.25) is 4.79 Å². The maximum atomic E-state index is 12.3. The van der Waals surface area contributed by atoms with Crippen LogP contribution in [0.3, 0.4) is 0 Å². The molecule has 0 atom stereocenters. The van der Waals surface area contributed by atoms with Crippen molar-refractivity contribution in [3.05, 3.63) is 45.6 Å². The molecule has 0 fully saturated rings. The van der Waals surface area contributed by atoms with Crippen molar-refractivity contribution in [3.8, 4) is 5.88 Å². The Morgan fingerprint density at radius 1 is 1.12 bits per heavy atom. The van der Waals surface area contributed by atoms with Crippen molar-refractivity contribution in [2.75, 3.05) is 11.9 Å². The van der Waals surface area contributed by atoms with Crippen LogP contribution in [-0.4, -0.2) is 22.5 Å². The zero-order valence-corrected chi connectivity index (χ0v) is 15.9. The number of benzene rings is 1. The Morgan fingerprint density at radius 3 is 2.48 bits per heavy atom. The van der Waals surface area contributed by atoms with Crippen LogP contribution < -0.4 is 10.1 Å². The van der Waals surface area contributed by atoms with Gasteiger partial charge < -0.3 is 10.1 Å². The number of anilines is 1. The van der Waals surface area contributed by atoms with Crippen LogP contribution in [0.4, 0.5) is 5.69 Å². The van der Waals surface area contributed by atoms with E-state index in [0.717, 1.165) is 32.6 Å². The van der Waals surface area contributed by atoms with Crippen LogP contribution >= 0.6 is 11.3 Å². The molecule has 3 aromatic rings. The number of thiophene rings is 1. The summed E-state index contributed by atoms with van der Waals surface area (Å²) in [5.41, 5.74) is 5.20. The smallest absolute Gasteiger partial charge is 0.262 e. The number of carbonyl (C=O) groups excluding carboxylic acids is 1. The highest BCUT2D eigenvalue weighted by molar-refractivity contribution is 7.18. The van der Waals surface area contributed by atoms with Crippen molar-refractivity contribution in [2.45, 2.75) is 34.6 Å². The summed E-state index contributed by atoms with van der Waals surface area (Å²) in [6.07, 6.45) is 1.47. The largest absolute Gasteiger partial charge is 0.467 e. The molecule has 0 aliphatic carbocycles. The molecule has 0 radical (unpaired) electrons. The SMILES string of the molecule is Cc1cc(C)c(NC(=O)COc2ncnc3sc(C)c(C)c23)c(C)c1. The molecule has 1 aromatic carbocycles. The number of aryl methyl sites for hydroxylation is 5. The summed E-state index contributed by atoms with van der Waals surface area (Å²) in [4.78, 5) is 22.9. The fourth-order valence-corrected chi connectivity index (χ4v) is 3.93. The van der Waals surface area contributed by atoms with Gasteiger partial charge in [-0.2, -0.15) is 0 Å². The first-order valence-electron chi connectivity index (χ1n) is 8.08. The third-order valence-electron chi connectivity index (χ3n) is 4.21. The number of aromatic nitrogens is 2. The van der Waals surface area contributed by atoms with E-state index in [9.17, 15) is 4.79 Å². The van der Waals surface area contributed by atoms with E-state index in [4.69, 9.17) is 4.74 Å². The van der Waals surface area contributed by atoms with E-state index in [1.807, 2.05) is 34.6 Å². The number of hydrogen-bond acceptors (Lipinski definition) is 5. The predicted octanol–water partition coefficient (Wildman–Crippen LogP) is 4.25. The van der Waals surface area contributed by atoms with Crippen LogP contribution in [0.1, 0.15) is 27.1 Å². The molecule has 25 heavy (non-hydrogen) atoms. The summed E-state index contributed by atoms with van der Waals surface area (Å²) < 4.78 is 5.69. The van der Waals surface area contributed by atoms with Gasteiger partial charge in [0.25, 0.3) is 5.91 Å². The summed E-state index contributed by atoms with van der Waals surface area (Å²) in [7, 11) is 0. The number of hydrogen-bond donors (Lipinski definition) is 1. The van der Waals surface area contributed by atoms with Gasteiger partial charge in [-0.15, -0.1) is 11.3 Å². The molecule has 2 aromatic heterocycles. The van der Waals surface area contributed by atoms with E-state index in [-0.39, 0.29) is 12.5 Å². The Kier molecular flexibility index (Phi) is 4.72. The minimum atomic E-state index is -0.202.